The molecule has 0 aliphatic rings. The van der Waals surface area contributed by atoms with Gasteiger partial charge in [-0.2, -0.15) is 0 Å². The summed E-state index contributed by atoms with van der Waals surface area (Å²) >= 11 is 0. The quantitative estimate of drug-likeness (QED) is 0.296. The average Bonchev–Trinajstić information content (AvgIpc) is 3.05. The Balaban J connectivity index is 0.00000243. The number of nitrogens with zero attached hydrogens (tertiary/aromatic N) is 2. The molecule has 1 heterocycles. The number of aliphatic imine (C=N–C) groups is 1. The van der Waals surface area contributed by atoms with E-state index in [1.54, 1.807) is 19.2 Å². The highest BCUT2D eigenvalue weighted by Crippen LogP contribution is 2.10. The highest BCUT2D eigenvalue weighted by Gasteiger charge is 2.03. The van der Waals surface area contributed by atoms with Gasteiger partial charge in [0.25, 0.3) is 0 Å². The first-order chi connectivity index (χ1) is 12.2. The molecule has 0 atom stereocenters. The monoisotopic (exact) mass is 467 g/mol. The van der Waals surface area contributed by atoms with Crippen LogP contribution in [0.3, 0.4) is 0 Å². The van der Waals surface area contributed by atoms with E-state index in [0.717, 1.165) is 54.3 Å². The number of guanidine groups is 1. The fourth-order valence-corrected chi connectivity index (χ4v) is 2.62. The lowest BCUT2D eigenvalue weighted by Crippen LogP contribution is -2.39. The second-order valence-electron chi connectivity index (χ2n) is 5.75. The van der Waals surface area contributed by atoms with Crippen molar-refractivity contribution >= 4 is 41.0 Å². The summed E-state index contributed by atoms with van der Waals surface area (Å²) in [4.78, 5) is 12.1. The van der Waals surface area contributed by atoms with Gasteiger partial charge in [-0.25, -0.2) is 9.37 Å². The van der Waals surface area contributed by atoms with Gasteiger partial charge in [-0.05, 0) is 36.2 Å². The Morgan fingerprint density at radius 3 is 2.42 bits per heavy atom. The van der Waals surface area contributed by atoms with Gasteiger partial charge >= 0.3 is 0 Å². The Labute approximate surface area is 169 Å². The van der Waals surface area contributed by atoms with Crippen LogP contribution in [0.15, 0.2) is 53.5 Å². The molecule has 3 rings (SSSR count). The van der Waals surface area contributed by atoms with Gasteiger partial charge in [0, 0.05) is 26.6 Å². The Morgan fingerprint density at radius 1 is 1.04 bits per heavy atom. The molecule has 0 fully saturated rings. The number of rotatable bonds is 6. The van der Waals surface area contributed by atoms with Crippen molar-refractivity contribution in [1.29, 1.82) is 0 Å². The van der Waals surface area contributed by atoms with Gasteiger partial charge in [0.15, 0.2) is 5.96 Å². The standard InChI is InChI=1S/C19H22FN5.HI/c1-21-19(22-12-10-14-6-8-15(20)9-7-14)23-13-11-18-24-16-4-2-3-5-17(16)25-18;/h2-9H,10-13H2,1H3,(H,24,25)(H2,21,22,23);1H. The summed E-state index contributed by atoms with van der Waals surface area (Å²) in [6, 6.07) is 14.6. The van der Waals surface area contributed by atoms with Crippen molar-refractivity contribution in [2.24, 2.45) is 4.99 Å². The van der Waals surface area contributed by atoms with Gasteiger partial charge in [-0.15, -0.1) is 24.0 Å². The first-order valence-electron chi connectivity index (χ1n) is 8.37. The number of benzene rings is 2. The number of halogens is 2. The van der Waals surface area contributed by atoms with Crippen LogP contribution in [0.25, 0.3) is 11.0 Å². The van der Waals surface area contributed by atoms with Crippen molar-refractivity contribution in [1.82, 2.24) is 20.6 Å². The number of para-hydroxylation sites is 2. The predicted molar refractivity (Wildman–Crippen MR) is 115 cm³/mol. The fraction of sp³-hybridized carbons (Fsp3) is 0.263. The average molecular weight is 467 g/mol. The number of fused-ring (bicyclic) bond motifs is 1. The molecule has 0 bridgehead atoms. The Hall–Kier alpha value is -2.16. The third-order valence-corrected chi connectivity index (χ3v) is 3.94. The Bertz CT molecular complexity index is 812. The van der Waals surface area contributed by atoms with E-state index in [9.17, 15) is 4.39 Å². The molecule has 138 valence electrons. The van der Waals surface area contributed by atoms with Gasteiger partial charge in [-0.3, -0.25) is 4.99 Å². The molecule has 5 nitrogen and oxygen atoms in total. The molecule has 0 saturated heterocycles. The molecule has 7 heteroatoms. The van der Waals surface area contributed by atoms with Crippen LogP contribution in [0.1, 0.15) is 11.4 Å². The van der Waals surface area contributed by atoms with E-state index in [2.05, 4.69) is 25.6 Å². The predicted octanol–water partition coefficient (Wildman–Crippen LogP) is 3.27. The third kappa shape index (κ3) is 5.69. The summed E-state index contributed by atoms with van der Waals surface area (Å²) in [5.41, 5.74) is 3.13. The minimum absolute atomic E-state index is 0. The summed E-state index contributed by atoms with van der Waals surface area (Å²) in [5, 5.41) is 6.54. The lowest BCUT2D eigenvalue weighted by molar-refractivity contribution is 0.626. The molecule has 0 aliphatic heterocycles. The second kappa shape index (κ2) is 10.1. The normalized spacial score (nSPS) is 11.2. The molecular formula is C19H23FIN5. The number of aromatic nitrogens is 2. The van der Waals surface area contributed by atoms with Crippen LogP contribution in [0.5, 0.6) is 0 Å². The Morgan fingerprint density at radius 2 is 1.73 bits per heavy atom. The maximum Gasteiger partial charge on any atom is 0.191 e. The fourth-order valence-electron chi connectivity index (χ4n) is 2.62. The molecular weight excluding hydrogens is 444 g/mol. The molecule has 3 aromatic rings. The zero-order valence-electron chi connectivity index (χ0n) is 14.6. The molecule has 0 unspecified atom stereocenters. The maximum absolute atomic E-state index is 12.9. The summed E-state index contributed by atoms with van der Waals surface area (Å²) < 4.78 is 12.9. The highest BCUT2D eigenvalue weighted by molar-refractivity contribution is 14.0. The van der Waals surface area contributed by atoms with Crippen molar-refractivity contribution in [3.63, 3.8) is 0 Å². The summed E-state index contributed by atoms with van der Waals surface area (Å²) in [5.74, 6) is 1.49. The van der Waals surface area contributed by atoms with Gasteiger partial charge in [-0.1, -0.05) is 24.3 Å². The van der Waals surface area contributed by atoms with E-state index in [0.29, 0.717) is 0 Å². The van der Waals surface area contributed by atoms with Crippen LogP contribution < -0.4 is 10.6 Å². The zero-order valence-corrected chi connectivity index (χ0v) is 17.0. The van der Waals surface area contributed by atoms with Crippen molar-refractivity contribution in [3.8, 4) is 0 Å². The molecule has 0 aliphatic carbocycles. The van der Waals surface area contributed by atoms with Crippen molar-refractivity contribution in [3.05, 3.63) is 65.7 Å². The van der Waals surface area contributed by atoms with Crippen LogP contribution in [0.2, 0.25) is 0 Å². The van der Waals surface area contributed by atoms with Crippen LogP contribution in [-0.4, -0.2) is 36.1 Å². The molecule has 0 radical (unpaired) electrons. The van der Waals surface area contributed by atoms with Crippen LogP contribution in [0, 0.1) is 5.82 Å². The topological polar surface area (TPSA) is 65.1 Å². The number of hydrogen-bond acceptors (Lipinski definition) is 2. The molecule has 1 aromatic heterocycles. The van der Waals surface area contributed by atoms with Gasteiger partial charge < -0.3 is 15.6 Å². The third-order valence-electron chi connectivity index (χ3n) is 3.94. The number of H-pyrrole nitrogens is 1. The van der Waals surface area contributed by atoms with E-state index >= 15 is 0 Å². The van der Waals surface area contributed by atoms with Gasteiger partial charge in [0.1, 0.15) is 11.6 Å². The van der Waals surface area contributed by atoms with Crippen LogP contribution >= 0.6 is 24.0 Å². The van der Waals surface area contributed by atoms with Crippen molar-refractivity contribution in [2.45, 2.75) is 12.8 Å². The minimum Gasteiger partial charge on any atom is -0.356 e. The minimum atomic E-state index is -0.209. The van der Waals surface area contributed by atoms with E-state index in [1.807, 2.05) is 24.3 Å². The molecule has 26 heavy (non-hydrogen) atoms. The number of nitrogens with one attached hydrogen (secondary N) is 3. The second-order valence-corrected chi connectivity index (χ2v) is 5.75. The lowest BCUT2D eigenvalue weighted by Gasteiger charge is -2.11. The lowest BCUT2D eigenvalue weighted by atomic mass is 10.1. The smallest absolute Gasteiger partial charge is 0.191 e. The molecule has 2 aromatic carbocycles. The van der Waals surface area contributed by atoms with E-state index in [-0.39, 0.29) is 29.8 Å². The van der Waals surface area contributed by atoms with Crippen molar-refractivity contribution < 1.29 is 4.39 Å². The number of aromatic amines is 1. The van der Waals surface area contributed by atoms with Gasteiger partial charge in [0.05, 0.1) is 11.0 Å². The first-order valence-corrected chi connectivity index (χ1v) is 8.37. The van der Waals surface area contributed by atoms with E-state index in [1.165, 1.54) is 12.1 Å². The maximum atomic E-state index is 12.9. The van der Waals surface area contributed by atoms with E-state index < -0.39 is 0 Å². The van der Waals surface area contributed by atoms with Gasteiger partial charge in [0.2, 0.25) is 0 Å². The summed E-state index contributed by atoms with van der Waals surface area (Å²) in [6.07, 6.45) is 1.60. The molecule has 3 N–H and O–H groups in total. The number of imidazole rings is 1. The zero-order chi connectivity index (χ0) is 17.5. The SMILES string of the molecule is CN=C(NCCc1ccc(F)cc1)NCCc1nc2ccccc2[nH]1.I. The summed E-state index contributed by atoms with van der Waals surface area (Å²) in [7, 11) is 1.74. The summed E-state index contributed by atoms with van der Waals surface area (Å²) in [6.45, 7) is 1.46. The molecule has 0 amide bonds. The highest BCUT2D eigenvalue weighted by atomic mass is 127. The molecule has 0 saturated carbocycles. The molecule has 0 spiro atoms. The Kier molecular flexibility index (Phi) is 7.83. The van der Waals surface area contributed by atoms with Crippen molar-refractivity contribution in [2.75, 3.05) is 20.1 Å². The number of hydrogen-bond donors (Lipinski definition) is 3. The van der Waals surface area contributed by atoms with Crippen LogP contribution in [0.4, 0.5) is 4.39 Å². The largest absolute Gasteiger partial charge is 0.356 e. The van der Waals surface area contributed by atoms with E-state index in [4.69, 9.17) is 0 Å². The first kappa shape index (κ1) is 20.2. The van der Waals surface area contributed by atoms with Crippen LogP contribution in [-0.2, 0) is 12.8 Å².